The zero-order valence-electron chi connectivity index (χ0n) is 13.1. The van der Waals surface area contributed by atoms with Crippen LogP contribution in [0, 0.1) is 0 Å². The predicted molar refractivity (Wildman–Crippen MR) is 92.7 cm³/mol. The van der Waals surface area contributed by atoms with Crippen LogP contribution in [-0.4, -0.2) is 25.4 Å². The first-order valence-corrected chi connectivity index (χ1v) is 9.25. The molecule has 1 aliphatic heterocycles. The van der Waals surface area contributed by atoms with Gasteiger partial charge in [0.15, 0.2) is 0 Å². The summed E-state index contributed by atoms with van der Waals surface area (Å²) in [5.41, 5.74) is 1.43. The Labute approximate surface area is 137 Å². The summed E-state index contributed by atoms with van der Waals surface area (Å²) in [4.78, 5) is 2.91. The fourth-order valence-corrected chi connectivity index (χ4v) is 3.61. The van der Waals surface area contributed by atoms with E-state index < -0.39 is 0 Å². The van der Waals surface area contributed by atoms with Gasteiger partial charge in [0.1, 0.15) is 18.4 Å². The van der Waals surface area contributed by atoms with Crippen molar-refractivity contribution < 1.29 is 9.64 Å². The topological polar surface area (TPSA) is 13.7 Å². The lowest BCUT2D eigenvalue weighted by Gasteiger charge is -2.30. The minimum absolute atomic E-state index is 0.368. The highest BCUT2D eigenvalue weighted by atomic mass is 32.2. The van der Waals surface area contributed by atoms with Crippen LogP contribution in [0.2, 0.25) is 0 Å². The molecule has 1 N–H and O–H groups in total. The molecule has 2 aromatic carbocycles. The van der Waals surface area contributed by atoms with E-state index in [-0.39, 0.29) is 0 Å². The number of ether oxygens (including phenoxy) is 1. The first-order valence-electron chi connectivity index (χ1n) is 8.02. The Morgan fingerprint density at radius 3 is 2.41 bits per heavy atom. The molecule has 0 saturated carbocycles. The van der Waals surface area contributed by atoms with Crippen LogP contribution >= 0.6 is 11.8 Å². The number of thioether (sulfide) groups is 1. The molecule has 22 heavy (non-hydrogen) atoms. The van der Waals surface area contributed by atoms with Gasteiger partial charge in [0, 0.05) is 23.3 Å². The summed E-state index contributed by atoms with van der Waals surface area (Å²) in [5.74, 6) is 1.05. The van der Waals surface area contributed by atoms with Crippen LogP contribution in [0.25, 0.3) is 0 Å². The lowest BCUT2D eigenvalue weighted by molar-refractivity contribution is -0.919. The fraction of sp³-hybridized carbons (Fsp3) is 0.368. The van der Waals surface area contributed by atoms with Crippen LogP contribution in [0.1, 0.15) is 18.4 Å². The van der Waals surface area contributed by atoms with Crippen LogP contribution in [0.4, 0.5) is 0 Å². The average Bonchev–Trinajstić information content (AvgIpc) is 2.58. The number of benzene rings is 2. The monoisotopic (exact) mass is 314 g/mol. The van der Waals surface area contributed by atoms with Crippen LogP contribution in [0.5, 0.6) is 5.75 Å². The Bertz CT molecular complexity index is 579. The maximum Gasteiger partial charge on any atom is 0.133 e. The quantitative estimate of drug-likeness (QED) is 0.853. The summed E-state index contributed by atoms with van der Waals surface area (Å²) >= 11 is 1.76. The third-order valence-electron chi connectivity index (χ3n) is 4.30. The largest absolute Gasteiger partial charge is 0.489 e. The molecular weight excluding hydrogens is 290 g/mol. The molecule has 0 amide bonds. The molecule has 0 atom stereocenters. The molecule has 1 saturated heterocycles. The Hall–Kier alpha value is -1.45. The summed E-state index contributed by atoms with van der Waals surface area (Å²) in [5, 5.41) is 0. The third-order valence-corrected chi connectivity index (χ3v) is 5.08. The van der Waals surface area contributed by atoms with Crippen LogP contribution in [0.15, 0.2) is 59.5 Å². The van der Waals surface area contributed by atoms with E-state index in [1.807, 2.05) is 0 Å². The molecule has 0 spiro atoms. The first-order chi connectivity index (χ1) is 10.8. The van der Waals surface area contributed by atoms with E-state index in [1.54, 1.807) is 16.7 Å². The predicted octanol–water partition coefficient (Wildman–Crippen LogP) is 3.03. The standard InChI is InChI=1S/C19H23NOS/c1-22-19-10-6-5-9-18(19)21-17-11-13-20(14-12-17)15-16-7-3-2-4-8-16/h2-10,17H,11-15H2,1H3/p+1. The van der Waals surface area contributed by atoms with Gasteiger partial charge in [0.05, 0.1) is 13.1 Å². The number of piperidine rings is 1. The molecule has 0 unspecified atom stereocenters. The lowest BCUT2D eigenvalue weighted by atomic mass is 10.1. The Kier molecular flexibility index (Phi) is 5.41. The van der Waals surface area contributed by atoms with Gasteiger partial charge in [0.2, 0.25) is 0 Å². The number of para-hydroxylation sites is 1. The minimum atomic E-state index is 0.368. The second-order valence-electron chi connectivity index (χ2n) is 5.88. The number of rotatable bonds is 5. The number of likely N-dealkylation sites (tertiary alicyclic amines) is 1. The summed E-state index contributed by atoms with van der Waals surface area (Å²) in [6, 6.07) is 19.2. The van der Waals surface area contributed by atoms with Gasteiger partial charge in [-0.1, -0.05) is 42.5 Å². The number of nitrogens with one attached hydrogen (secondary N) is 1. The molecule has 0 aromatic heterocycles. The van der Waals surface area contributed by atoms with E-state index in [0.29, 0.717) is 6.10 Å². The Balaban J connectivity index is 1.51. The molecule has 1 fully saturated rings. The SMILES string of the molecule is CSc1ccccc1OC1CC[NH+](Cc2ccccc2)CC1. The second-order valence-corrected chi connectivity index (χ2v) is 6.73. The van der Waals surface area contributed by atoms with Crippen molar-refractivity contribution in [1.29, 1.82) is 0 Å². The first kappa shape index (κ1) is 15.4. The van der Waals surface area contributed by atoms with Crippen molar-refractivity contribution in [3.63, 3.8) is 0 Å². The zero-order valence-corrected chi connectivity index (χ0v) is 13.9. The highest BCUT2D eigenvalue weighted by Gasteiger charge is 2.24. The Morgan fingerprint density at radius 1 is 1.00 bits per heavy atom. The van der Waals surface area contributed by atoms with Gasteiger partial charge in [-0.15, -0.1) is 11.8 Å². The van der Waals surface area contributed by atoms with Gasteiger partial charge < -0.3 is 9.64 Å². The van der Waals surface area contributed by atoms with Crippen molar-refractivity contribution in [3.05, 3.63) is 60.2 Å². The normalized spacial score (nSPS) is 21.5. The van der Waals surface area contributed by atoms with Gasteiger partial charge >= 0.3 is 0 Å². The van der Waals surface area contributed by atoms with Crippen LogP contribution in [-0.2, 0) is 6.54 Å². The molecule has 0 aliphatic carbocycles. The van der Waals surface area contributed by atoms with Crippen molar-refractivity contribution in [2.75, 3.05) is 19.3 Å². The number of quaternary nitrogens is 1. The molecule has 3 heteroatoms. The summed E-state index contributed by atoms with van der Waals surface area (Å²) in [7, 11) is 0. The minimum Gasteiger partial charge on any atom is -0.489 e. The van der Waals surface area contributed by atoms with Gasteiger partial charge in [-0.3, -0.25) is 0 Å². The van der Waals surface area contributed by atoms with Crippen molar-refractivity contribution in [2.45, 2.75) is 30.4 Å². The molecule has 2 aromatic rings. The van der Waals surface area contributed by atoms with Gasteiger partial charge in [-0.05, 0) is 18.4 Å². The van der Waals surface area contributed by atoms with E-state index in [2.05, 4.69) is 60.9 Å². The van der Waals surface area contributed by atoms with E-state index in [0.717, 1.165) is 25.1 Å². The van der Waals surface area contributed by atoms with Crippen molar-refractivity contribution in [2.24, 2.45) is 0 Å². The van der Waals surface area contributed by atoms with E-state index >= 15 is 0 Å². The van der Waals surface area contributed by atoms with E-state index in [1.165, 1.54) is 23.5 Å². The van der Waals surface area contributed by atoms with Crippen LogP contribution in [0.3, 0.4) is 0 Å². The number of hydrogen-bond acceptors (Lipinski definition) is 2. The molecular formula is C19H24NOS+. The summed E-state index contributed by atoms with van der Waals surface area (Å²) < 4.78 is 6.24. The number of hydrogen-bond donors (Lipinski definition) is 1. The maximum absolute atomic E-state index is 6.24. The maximum atomic E-state index is 6.24. The fourth-order valence-electron chi connectivity index (χ4n) is 3.07. The van der Waals surface area contributed by atoms with E-state index in [4.69, 9.17) is 4.74 Å². The molecule has 0 radical (unpaired) electrons. The molecule has 3 rings (SSSR count). The van der Waals surface area contributed by atoms with Crippen molar-refractivity contribution in [3.8, 4) is 5.75 Å². The molecule has 116 valence electrons. The molecule has 0 bridgehead atoms. The van der Waals surface area contributed by atoms with Gasteiger partial charge in [-0.2, -0.15) is 0 Å². The van der Waals surface area contributed by atoms with Gasteiger partial charge in [-0.25, -0.2) is 0 Å². The smallest absolute Gasteiger partial charge is 0.133 e. The molecule has 1 aliphatic rings. The lowest BCUT2D eigenvalue weighted by Crippen LogP contribution is -3.12. The van der Waals surface area contributed by atoms with E-state index in [9.17, 15) is 0 Å². The second kappa shape index (κ2) is 7.70. The van der Waals surface area contributed by atoms with Crippen molar-refractivity contribution >= 4 is 11.8 Å². The zero-order chi connectivity index (χ0) is 15.2. The summed E-state index contributed by atoms with van der Waals surface area (Å²) in [6.45, 7) is 3.52. The highest BCUT2D eigenvalue weighted by molar-refractivity contribution is 7.98. The summed E-state index contributed by atoms with van der Waals surface area (Å²) in [6.07, 6.45) is 4.76. The Morgan fingerprint density at radius 2 is 1.68 bits per heavy atom. The third kappa shape index (κ3) is 4.05. The average molecular weight is 314 g/mol. The van der Waals surface area contributed by atoms with Crippen molar-refractivity contribution in [1.82, 2.24) is 0 Å². The molecule has 1 heterocycles. The van der Waals surface area contributed by atoms with Crippen LogP contribution < -0.4 is 9.64 Å². The van der Waals surface area contributed by atoms with Gasteiger partial charge in [0.25, 0.3) is 0 Å². The molecule has 2 nitrogen and oxygen atoms in total. The highest BCUT2D eigenvalue weighted by Crippen LogP contribution is 2.28.